The van der Waals surface area contributed by atoms with Crippen molar-refractivity contribution >= 4 is 40.2 Å². The molecule has 0 aromatic heterocycles. The van der Waals surface area contributed by atoms with E-state index >= 15 is 0 Å². The SMILES string of the molecule is CCOC(=O)CC(NC(=O)CCCNC)c1ccc(Br)cc1.Cl. The third-order valence-electron chi connectivity index (χ3n) is 3.11. The highest BCUT2D eigenvalue weighted by molar-refractivity contribution is 9.10. The quantitative estimate of drug-likeness (QED) is 0.488. The van der Waals surface area contributed by atoms with Crippen molar-refractivity contribution in [3.63, 3.8) is 0 Å². The predicted molar refractivity (Wildman–Crippen MR) is 96.7 cm³/mol. The van der Waals surface area contributed by atoms with E-state index < -0.39 is 0 Å². The van der Waals surface area contributed by atoms with Gasteiger partial charge in [0.25, 0.3) is 0 Å². The molecule has 1 aromatic carbocycles. The van der Waals surface area contributed by atoms with E-state index in [4.69, 9.17) is 4.74 Å². The van der Waals surface area contributed by atoms with E-state index in [0.717, 1.165) is 23.0 Å². The molecule has 1 aromatic rings. The number of hydrogen-bond acceptors (Lipinski definition) is 4. The van der Waals surface area contributed by atoms with Gasteiger partial charge in [0.2, 0.25) is 5.91 Å². The van der Waals surface area contributed by atoms with Gasteiger partial charge >= 0.3 is 5.97 Å². The summed E-state index contributed by atoms with van der Waals surface area (Å²) in [5.41, 5.74) is 0.887. The summed E-state index contributed by atoms with van der Waals surface area (Å²) < 4.78 is 5.94. The number of nitrogens with one attached hydrogen (secondary N) is 2. The monoisotopic (exact) mass is 406 g/mol. The lowest BCUT2D eigenvalue weighted by atomic mass is 10.0. The Morgan fingerprint density at radius 1 is 1.26 bits per heavy atom. The second-order valence-electron chi connectivity index (χ2n) is 4.89. The molecular formula is C16H24BrClN2O3. The summed E-state index contributed by atoms with van der Waals surface area (Å²) in [5, 5.41) is 5.92. The van der Waals surface area contributed by atoms with Gasteiger partial charge < -0.3 is 15.4 Å². The molecule has 0 spiro atoms. The van der Waals surface area contributed by atoms with E-state index in [1.54, 1.807) is 6.92 Å². The smallest absolute Gasteiger partial charge is 0.308 e. The first kappa shape index (κ1) is 21.9. The lowest BCUT2D eigenvalue weighted by molar-refractivity contribution is -0.143. The van der Waals surface area contributed by atoms with Gasteiger partial charge in [-0.3, -0.25) is 9.59 Å². The molecule has 0 heterocycles. The van der Waals surface area contributed by atoms with Gasteiger partial charge in [-0.2, -0.15) is 0 Å². The Morgan fingerprint density at radius 3 is 2.48 bits per heavy atom. The normalized spacial score (nSPS) is 11.3. The minimum absolute atomic E-state index is 0. The van der Waals surface area contributed by atoms with Crippen LogP contribution >= 0.6 is 28.3 Å². The first-order chi connectivity index (χ1) is 10.6. The van der Waals surface area contributed by atoms with Crippen LogP contribution in [-0.4, -0.2) is 32.1 Å². The van der Waals surface area contributed by atoms with Crippen LogP contribution in [0, 0.1) is 0 Å². The van der Waals surface area contributed by atoms with E-state index in [1.807, 2.05) is 31.3 Å². The predicted octanol–water partition coefficient (Wildman–Crippen LogP) is 2.98. The molecule has 0 aliphatic rings. The van der Waals surface area contributed by atoms with Crippen molar-refractivity contribution in [3.05, 3.63) is 34.3 Å². The molecule has 1 amide bonds. The molecule has 0 bridgehead atoms. The zero-order valence-corrected chi connectivity index (χ0v) is 15.8. The zero-order valence-electron chi connectivity index (χ0n) is 13.4. The third-order valence-corrected chi connectivity index (χ3v) is 3.64. The lowest BCUT2D eigenvalue weighted by Crippen LogP contribution is -2.31. The second-order valence-corrected chi connectivity index (χ2v) is 5.80. The largest absolute Gasteiger partial charge is 0.466 e. The lowest BCUT2D eigenvalue weighted by Gasteiger charge is -2.18. The number of ether oxygens (including phenoxy) is 1. The minimum Gasteiger partial charge on any atom is -0.466 e. The van der Waals surface area contributed by atoms with Gasteiger partial charge in [0.1, 0.15) is 0 Å². The van der Waals surface area contributed by atoms with Crippen LogP contribution in [0.4, 0.5) is 0 Å². The van der Waals surface area contributed by atoms with Crippen LogP contribution in [0.25, 0.3) is 0 Å². The number of carbonyl (C=O) groups excluding carboxylic acids is 2. The number of benzene rings is 1. The highest BCUT2D eigenvalue weighted by Crippen LogP contribution is 2.20. The molecule has 5 nitrogen and oxygen atoms in total. The van der Waals surface area contributed by atoms with Crippen molar-refractivity contribution in [1.29, 1.82) is 0 Å². The van der Waals surface area contributed by atoms with Crippen LogP contribution < -0.4 is 10.6 Å². The standard InChI is InChI=1S/C16H23BrN2O3.ClH/c1-3-22-16(21)11-14(12-6-8-13(17)9-7-12)19-15(20)5-4-10-18-2;/h6-9,14,18H,3-5,10-11H2,1-2H3,(H,19,20);1H. The van der Waals surface area contributed by atoms with Crippen LogP contribution in [0.15, 0.2) is 28.7 Å². The fraction of sp³-hybridized carbons (Fsp3) is 0.500. The molecule has 0 fully saturated rings. The number of esters is 1. The summed E-state index contributed by atoms with van der Waals surface area (Å²) in [6.45, 7) is 2.89. The number of amides is 1. The van der Waals surface area contributed by atoms with Gasteiger partial charge in [0.15, 0.2) is 0 Å². The molecule has 0 saturated carbocycles. The summed E-state index contributed by atoms with van der Waals surface area (Å²) >= 11 is 3.38. The Kier molecular flexibility index (Phi) is 11.7. The van der Waals surface area contributed by atoms with Crippen molar-refractivity contribution in [2.75, 3.05) is 20.2 Å². The maximum Gasteiger partial charge on any atom is 0.308 e. The molecule has 7 heteroatoms. The van der Waals surface area contributed by atoms with Crippen molar-refractivity contribution in [2.45, 2.75) is 32.2 Å². The van der Waals surface area contributed by atoms with Crippen LogP contribution in [-0.2, 0) is 14.3 Å². The molecule has 1 rings (SSSR count). The highest BCUT2D eigenvalue weighted by atomic mass is 79.9. The average Bonchev–Trinajstić information content (AvgIpc) is 2.48. The third kappa shape index (κ3) is 8.93. The molecule has 2 N–H and O–H groups in total. The summed E-state index contributed by atoms with van der Waals surface area (Å²) in [6, 6.07) is 7.19. The van der Waals surface area contributed by atoms with Crippen molar-refractivity contribution in [3.8, 4) is 0 Å². The molecule has 23 heavy (non-hydrogen) atoms. The van der Waals surface area contributed by atoms with Gasteiger partial charge in [-0.05, 0) is 44.6 Å². The van der Waals surface area contributed by atoms with E-state index in [9.17, 15) is 9.59 Å². The van der Waals surface area contributed by atoms with E-state index in [0.29, 0.717) is 13.0 Å². The fourth-order valence-electron chi connectivity index (χ4n) is 2.03. The van der Waals surface area contributed by atoms with E-state index in [-0.39, 0.29) is 36.7 Å². The summed E-state index contributed by atoms with van der Waals surface area (Å²) in [6.07, 6.45) is 1.32. The number of halogens is 2. The van der Waals surface area contributed by atoms with Gasteiger partial charge in [0, 0.05) is 10.9 Å². The molecule has 0 aliphatic heterocycles. The molecule has 1 unspecified atom stereocenters. The van der Waals surface area contributed by atoms with Crippen LogP contribution in [0.3, 0.4) is 0 Å². The van der Waals surface area contributed by atoms with E-state index in [2.05, 4.69) is 26.6 Å². The molecule has 0 saturated heterocycles. The Hall–Kier alpha value is -1.11. The van der Waals surface area contributed by atoms with Crippen LogP contribution in [0.1, 0.15) is 37.8 Å². The first-order valence-electron chi connectivity index (χ1n) is 7.41. The molecule has 1 atom stereocenters. The van der Waals surface area contributed by atoms with Crippen molar-refractivity contribution in [1.82, 2.24) is 10.6 Å². The first-order valence-corrected chi connectivity index (χ1v) is 8.21. The summed E-state index contributed by atoms with van der Waals surface area (Å²) in [5.74, 6) is -0.376. The van der Waals surface area contributed by atoms with Gasteiger partial charge in [0.05, 0.1) is 19.1 Å². The molecule has 0 radical (unpaired) electrons. The minimum atomic E-state index is -0.366. The Morgan fingerprint density at radius 2 is 1.91 bits per heavy atom. The van der Waals surface area contributed by atoms with Crippen LogP contribution in [0.2, 0.25) is 0 Å². The maximum absolute atomic E-state index is 12.0. The Labute approximate surface area is 152 Å². The Balaban J connectivity index is 0.00000484. The molecule has 0 aliphatic carbocycles. The highest BCUT2D eigenvalue weighted by Gasteiger charge is 2.19. The van der Waals surface area contributed by atoms with Gasteiger partial charge in [-0.25, -0.2) is 0 Å². The van der Waals surface area contributed by atoms with Crippen molar-refractivity contribution < 1.29 is 14.3 Å². The number of carbonyl (C=O) groups is 2. The zero-order chi connectivity index (χ0) is 16.4. The molecular weight excluding hydrogens is 384 g/mol. The maximum atomic E-state index is 12.0. The van der Waals surface area contributed by atoms with Gasteiger partial charge in [-0.15, -0.1) is 12.4 Å². The van der Waals surface area contributed by atoms with Crippen molar-refractivity contribution in [2.24, 2.45) is 0 Å². The summed E-state index contributed by atoms with van der Waals surface area (Å²) in [4.78, 5) is 23.8. The Bertz CT molecular complexity index is 483. The number of rotatable bonds is 9. The molecule has 130 valence electrons. The average molecular weight is 408 g/mol. The fourth-order valence-corrected chi connectivity index (χ4v) is 2.29. The number of hydrogen-bond donors (Lipinski definition) is 2. The second kappa shape index (κ2) is 12.3. The topological polar surface area (TPSA) is 67.4 Å². The van der Waals surface area contributed by atoms with E-state index in [1.165, 1.54) is 0 Å². The van der Waals surface area contributed by atoms with Gasteiger partial charge in [-0.1, -0.05) is 28.1 Å². The van der Waals surface area contributed by atoms with Crippen LogP contribution in [0.5, 0.6) is 0 Å². The summed E-state index contributed by atoms with van der Waals surface area (Å²) in [7, 11) is 1.85.